The number of carbonyl (C=O) groups excluding carboxylic acids is 2. The minimum Gasteiger partial charge on any atom is -0.469 e. The van der Waals surface area contributed by atoms with Crippen LogP contribution in [0.3, 0.4) is 0 Å². The van der Waals surface area contributed by atoms with Crippen LogP contribution in [0.15, 0.2) is 60.9 Å². The molecular weight excluding hydrogens is 442 g/mol. The van der Waals surface area contributed by atoms with Crippen molar-refractivity contribution in [3.63, 3.8) is 0 Å². The summed E-state index contributed by atoms with van der Waals surface area (Å²) in [5.41, 5.74) is 6.14. The average Bonchev–Trinajstić information content (AvgIpc) is 3.40. The molecule has 0 fully saturated rings. The zero-order valence-electron chi connectivity index (χ0n) is 20.4. The van der Waals surface area contributed by atoms with Crippen LogP contribution < -0.4 is 5.32 Å². The van der Waals surface area contributed by atoms with E-state index in [2.05, 4.69) is 20.0 Å². The smallest absolute Gasteiger partial charge is 0.305 e. The SMILES string of the molecule is COC(=O)CCc1c(C)nn(-c2ccc(C(=O)Nc3ccc(Cn4ccnc4C)cc3)cc2)c1C. The molecule has 2 heterocycles. The third-order valence-electron chi connectivity index (χ3n) is 6.11. The summed E-state index contributed by atoms with van der Waals surface area (Å²) in [6, 6.07) is 15.1. The van der Waals surface area contributed by atoms with Crippen molar-refractivity contribution in [2.24, 2.45) is 0 Å². The molecule has 0 aliphatic carbocycles. The quantitative estimate of drug-likeness (QED) is 0.385. The van der Waals surface area contributed by atoms with Crippen molar-refractivity contribution in [2.45, 2.75) is 40.2 Å². The Morgan fingerprint density at radius 1 is 1.00 bits per heavy atom. The Morgan fingerprint density at radius 3 is 2.34 bits per heavy atom. The van der Waals surface area contributed by atoms with Gasteiger partial charge in [0.15, 0.2) is 0 Å². The lowest BCUT2D eigenvalue weighted by atomic mass is 10.1. The van der Waals surface area contributed by atoms with Crippen LogP contribution in [0, 0.1) is 20.8 Å². The highest BCUT2D eigenvalue weighted by molar-refractivity contribution is 6.04. The number of imidazole rings is 1. The van der Waals surface area contributed by atoms with Gasteiger partial charge in [-0.15, -0.1) is 0 Å². The van der Waals surface area contributed by atoms with Gasteiger partial charge in [-0.3, -0.25) is 9.59 Å². The molecule has 0 aliphatic heterocycles. The molecule has 0 saturated heterocycles. The highest BCUT2D eigenvalue weighted by atomic mass is 16.5. The molecule has 8 nitrogen and oxygen atoms in total. The van der Waals surface area contributed by atoms with Crippen molar-refractivity contribution in [3.8, 4) is 5.69 Å². The number of carbonyl (C=O) groups is 2. The number of hydrogen-bond acceptors (Lipinski definition) is 5. The van der Waals surface area contributed by atoms with Crippen molar-refractivity contribution in [2.75, 3.05) is 12.4 Å². The summed E-state index contributed by atoms with van der Waals surface area (Å²) in [6.45, 7) is 6.61. The van der Waals surface area contributed by atoms with E-state index in [4.69, 9.17) is 4.74 Å². The summed E-state index contributed by atoms with van der Waals surface area (Å²) in [7, 11) is 1.39. The van der Waals surface area contributed by atoms with E-state index >= 15 is 0 Å². The lowest BCUT2D eigenvalue weighted by Gasteiger charge is -2.09. The van der Waals surface area contributed by atoms with Crippen molar-refractivity contribution in [1.82, 2.24) is 19.3 Å². The summed E-state index contributed by atoms with van der Waals surface area (Å²) in [5, 5.41) is 7.57. The van der Waals surface area contributed by atoms with Crippen LogP contribution in [0.4, 0.5) is 5.69 Å². The number of methoxy groups -OCH3 is 1. The minimum absolute atomic E-state index is 0.179. The Morgan fingerprint density at radius 2 is 1.71 bits per heavy atom. The monoisotopic (exact) mass is 471 g/mol. The first-order chi connectivity index (χ1) is 16.9. The van der Waals surface area contributed by atoms with Gasteiger partial charge in [0.2, 0.25) is 0 Å². The van der Waals surface area contributed by atoms with Gasteiger partial charge in [-0.2, -0.15) is 5.10 Å². The van der Waals surface area contributed by atoms with E-state index in [-0.39, 0.29) is 11.9 Å². The van der Waals surface area contributed by atoms with Crippen LogP contribution in [0.5, 0.6) is 0 Å². The van der Waals surface area contributed by atoms with Gasteiger partial charge < -0.3 is 14.6 Å². The molecular formula is C27H29N5O3. The Balaban J connectivity index is 1.41. The molecule has 0 spiro atoms. The van der Waals surface area contributed by atoms with Crippen LogP contribution >= 0.6 is 0 Å². The molecule has 8 heteroatoms. The molecule has 4 rings (SSSR count). The Kier molecular flexibility index (Phi) is 7.10. The fourth-order valence-corrected chi connectivity index (χ4v) is 4.04. The molecule has 0 saturated carbocycles. The number of anilines is 1. The molecule has 2 aromatic heterocycles. The lowest BCUT2D eigenvalue weighted by molar-refractivity contribution is -0.140. The van der Waals surface area contributed by atoms with E-state index < -0.39 is 0 Å². The first kappa shape index (κ1) is 23.9. The van der Waals surface area contributed by atoms with E-state index in [1.165, 1.54) is 7.11 Å². The number of amides is 1. The highest BCUT2D eigenvalue weighted by Gasteiger charge is 2.15. The number of hydrogen-bond donors (Lipinski definition) is 1. The van der Waals surface area contributed by atoms with Crippen molar-refractivity contribution in [1.29, 1.82) is 0 Å². The van der Waals surface area contributed by atoms with Gasteiger partial charge in [0.25, 0.3) is 5.91 Å². The standard InChI is InChI=1S/C27H29N5O3/c1-18-25(13-14-26(33)35-4)19(2)32(30-18)24-11-7-22(8-12-24)27(34)29-23-9-5-21(6-10-23)17-31-16-15-28-20(31)3/h5-12,15-16H,13-14,17H2,1-4H3,(H,29,34). The average molecular weight is 472 g/mol. The Labute approximate surface area is 204 Å². The topological polar surface area (TPSA) is 91.0 Å². The number of rotatable bonds is 8. The van der Waals surface area contributed by atoms with E-state index in [0.29, 0.717) is 18.4 Å². The number of esters is 1. The van der Waals surface area contributed by atoms with Crippen molar-refractivity contribution in [3.05, 3.63) is 94.8 Å². The van der Waals surface area contributed by atoms with Crippen molar-refractivity contribution >= 4 is 17.6 Å². The van der Waals surface area contributed by atoms with E-state index in [1.54, 1.807) is 18.3 Å². The zero-order chi connectivity index (χ0) is 24.9. The summed E-state index contributed by atoms with van der Waals surface area (Å²) in [5.74, 6) is 0.542. The van der Waals surface area contributed by atoms with Crippen LogP contribution in [0.1, 0.15) is 45.1 Å². The first-order valence-electron chi connectivity index (χ1n) is 11.5. The fourth-order valence-electron chi connectivity index (χ4n) is 4.04. The fraction of sp³-hybridized carbons (Fsp3) is 0.259. The van der Waals surface area contributed by atoms with E-state index in [0.717, 1.165) is 46.3 Å². The number of benzene rings is 2. The van der Waals surface area contributed by atoms with E-state index in [9.17, 15) is 9.59 Å². The molecule has 1 N–H and O–H groups in total. The second-order valence-corrected chi connectivity index (χ2v) is 8.44. The van der Waals surface area contributed by atoms with Gasteiger partial charge in [-0.05, 0) is 74.7 Å². The maximum absolute atomic E-state index is 12.8. The summed E-state index contributed by atoms with van der Waals surface area (Å²) in [6.07, 6.45) is 4.62. The van der Waals surface area contributed by atoms with Crippen LogP contribution in [-0.2, 0) is 22.5 Å². The number of aryl methyl sites for hydroxylation is 2. The molecule has 4 aromatic rings. The predicted octanol–water partition coefficient (Wildman–Crippen LogP) is 4.40. The third kappa shape index (κ3) is 5.48. The molecule has 35 heavy (non-hydrogen) atoms. The second-order valence-electron chi connectivity index (χ2n) is 8.44. The van der Waals surface area contributed by atoms with E-state index in [1.807, 2.05) is 68.0 Å². The zero-order valence-corrected chi connectivity index (χ0v) is 20.4. The largest absolute Gasteiger partial charge is 0.469 e. The number of ether oxygens (including phenoxy) is 1. The van der Waals surface area contributed by atoms with Crippen LogP contribution in [0.2, 0.25) is 0 Å². The van der Waals surface area contributed by atoms with Gasteiger partial charge in [0.05, 0.1) is 18.5 Å². The molecule has 1 amide bonds. The molecule has 180 valence electrons. The maximum atomic E-state index is 12.8. The molecule has 0 unspecified atom stereocenters. The Bertz CT molecular complexity index is 1330. The summed E-state index contributed by atoms with van der Waals surface area (Å²) >= 11 is 0. The summed E-state index contributed by atoms with van der Waals surface area (Å²) < 4.78 is 8.65. The first-order valence-corrected chi connectivity index (χ1v) is 11.5. The normalized spacial score (nSPS) is 10.9. The predicted molar refractivity (Wildman–Crippen MR) is 134 cm³/mol. The molecule has 0 bridgehead atoms. The summed E-state index contributed by atoms with van der Waals surface area (Å²) in [4.78, 5) is 28.5. The second kappa shape index (κ2) is 10.4. The Hall–Kier alpha value is -4.20. The lowest BCUT2D eigenvalue weighted by Crippen LogP contribution is -2.12. The number of aromatic nitrogens is 4. The van der Waals surface area contributed by atoms with Gasteiger partial charge in [-0.25, -0.2) is 9.67 Å². The molecule has 0 radical (unpaired) electrons. The number of nitrogens with one attached hydrogen (secondary N) is 1. The van der Waals surface area contributed by atoms with Crippen LogP contribution in [0.25, 0.3) is 5.69 Å². The van der Waals surface area contributed by atoms with Gasteiger partial charge >= 0.3 is 5.97 Å². The molecule has 0 aliphatic rings. The third-order valence-corrected chi connectivity index (χ3v) is 6.11. The van der Waals surface area contributed by atoms with Gasteiger partial charge in [0, 0.05) is 42.3 Å². The van der Waals surface area contributed by atoms with Gasteiger partial charge in [0.1, 0.15) is 5.82 Å². The maximum Gasteiger partial charge on any atom is 0.305 e. The number of nitrogens with zero attached hydrogens (tertiary/aromatic N) is 4. The molecule has 2 aromatic carbocycles. The van der Waals surface area contributed by atoms with Crippen molar-refractivity contribution < 1.29 is 14.3 Å². The highest BCUT2D eigenvalue weighted by Crippen LogP contribution is 2.20. The van der Waals surface area contributed by atoms with Gasteiger partial charge in [-0.1, -0.05) is 12.1 Å². The molecule has 0 atom stereocenters. The minimum atomic E-state index is -0.241. The van der Waals surface area contributed by atoms with Crippen LogP contribution in [-0.4, -0.2) is 38.3 Å².